The van der Waals surface area contributed by atoms with E-state index >= 15 is 0 Å². The number of hydrogen-bond acceptors (Lipinski definition) is 7. The van der Waals surface area contributed by atoms with Crippen LogP contribution in [0.25, 0.3) is 0 Å². The van der Waals surface area contributed by atoms with E-state index in [1.807, 2.05) is 30.3 Å². The number of fused-ring (bicyclic) bond motifs is 1. The van der Waals surface area contributed by atoms with Crippen LogP contribution in [0.1, 0.15) is 17.5 Å². The molecule has 0 saturated carbocycles. The molecule has 2 aromatic carbocycles. The van der Waals surface area contributed by atoms with Crippen LogP contribution in [0.5, 0.6) is 23.0 Å². The number of rotatable bonds is 8. The summed E-state index contributed by atoms with van der Waals surface area (Å²) in [6, 6.07) is 9.69. The number of methoxy groups -OCH3 is 2. The first-order valence-corrected chi connectivity index (χ1v) is 9.76. The van der Waals surface area contributed by atoms with Gasteiger partial charge in [0.1, 0.15) is 6.10 Å². The fourth-order valence-corrected chi connectivity index (χ4v) is 3.72. The maximum atomic E-state index is 6.19. The molecule has 2 aliphatic rings. The number of nitrogens with zero attached hydrogens (tertiary/aromatic N) is 1. The summed E-state index contributed by atoms with van der Waals surface area (Å²) in [4.78, 5) is 5.64. The Hall–Kier alpha value is -2.35. The van der Waals surface area contributed by atoms with Gasteiger partial charge in [-0.1, -0.05) is 35.0 Å². The van der Waals surface area contributed by atoms with Crippen LogP contribution in [-0.2, 0) is 17.8 Å². The maximum Gasteiger partial charge on any atom is 0.231 e. The van der Waals surface area contributed by atoms with E-state index < -0.39 is 0 Å². The highest BCUT2D eigenvalue weighted by Gasteiger charge is 2.30. The summed E-state index contributed by atoms with van der Waals surface area (Å²) in [7, 11) is 3.22. The summed E-state index contributed by atoms with van der Waals surface area (Å²) in [5.74, 6) is 2.41. The molecule has 0 bridgehead atoms. The Balaban J connectivity index is 0.00000256. The van der Waals surface area contributed by atoms with Crippen LogP contribution in [-0.4, -0.2) is 39.4 Å². The summed E-state index contributed by atoms with van der Waals surface area (Å²) < 4.78 is 22.1. The minimum Gasteiger partial charge on any atom is -0.493 e. The van der Waals surface area contributed by atoms with Gasteiger partial charge in [-0.15, -0.1) is 12.4 Å². The molecule has 0 aromatic heterocycles. The Morgan fingerprint density at radius 2 is 1.90 bits per heavy atom. The van der Waals surface area contributed by atoms with Crippen molar-refractivity contribution in [3.63, 3.8) is 0 Å². The number of ether oxygens (including phenoxy) is 4. The average molecular weight is 455 g/mol. The predicted molar refractivity (Wildman–Crippen MR) is 117 cm³/mol. The summed E-state index contributed by atoms with van der Waals surface area (Å²) in [5, 5.41) is 8.35. The molecule has 2 aliphatic heterocycles. The van der Waals surface area contributed by atoms with Crippen LogP contribution in [0.2, 0.25) is 5.02 Å². The highest BCUT2D eigenvalue weighted by atomic mass is 35.5. The highest BCUT2D eigenvalue weighted by Crippen LogP contribution is 2.49. The van der Waals surface area contributed by atoms with Crippen molar-refractivity contribution in [1.82, 2.24) is 5.32 Å². The van der Waals surface area contributed by atoms with E-state index in [1.165, 1.54) is 0 Å². The summed E-state index contributed by atoms with van der Waals surface area (Å²) in [6.07, 6.45) is 1.27. The van der Waals surface area contributed by atoms with Crippen molar-refractivity contribution in [2.75, 3.05) is 27.6 Å². The fraction of sp³-hybridized carbons (Fsp3) is 0.381. The molecule has 162 valence electrons. The van der Waals surface area contributed by atoms with E-state index in [9.17, 15) is 0 Å². The first kappa shape index (κ1) is 22.3. The topological polar surface area (TPSA) is 70.5 Å². The quantitative estimate of drug-likeness (QED) is 0.650. The molecular formula is C21H24Cl2N2O5. The van der Waals surface area contributed by atoms with Crippen LogP contribution < -0.4 is 24.3 Å². The molecule has 2 aromatic rings. The summed E-state index contributed by atoms with van der Waals surface area (Å²) >= 11 is 6.19. The smallest absolute Gasteiger partial charge is 0.231 e. The molecule has 1 atom stereocenters. The first-order valence-electron chi connectivity index (χ1n) is 9.38. The van der Waals surface area contributed by atoms with E-state index in [1.54, 1.807) is 14.2 Å². The Morgan fingerprint density at radius 1 is 1.10 bits per heavy atom. The first-order chi connectivity index (χ1) is 14.2. The lowest BCUT2D eigenvalue weighted by atomic mass is 10.0. The van der Waals surface area contributed by atoms with Gasteiger partial charge in [-0.2, -0.15) is 0 Å². The second kappa shape index (κ2) is 10.1. The van der Waals surface area contributed by atoms with Crippen LogP contribution >= 0.6 is 24.0 Å². The Morgan fingerprint density at radius 3 is 2.67 bits per heavy atom. The standard InChI is InChI=1S/C21H23ClN2O5.ClH/c1-25-18-8-14(19(26-2)21-20(18)27-12-28-21)7-16-9-15(24-29-16)11-23-10-13-5-3-4-6-17(13)22;/h3-6,8,16,23H,7,9-12H2,1-2H3;1H. The normalized spacial score (nSPS) is 16.5. The van der Waals surface area contributed by atoms with Gasteiger partial charge in [0, 0.05) is 36.5 Å². The van der Waals surface area contributed by atoms with Crippen molar-refractivity contribution in [3.05, 3.63) is 46.5 Å². The zero-order valence-corrected chi connectivity index (χ0v) is 18.3. The molecule has 7 nitrogen and oxygen atoms in total. The second-order valence-corrected chi connectivity index (χ2v) is 7.23. The van der Waals surface area contributed by atoms with Crippen LogP contribution in [0, 0.1) is 0 Å². The monoisotopic (exact) mass is 454 g/mol. The third kappa shape index (κ3) is 4.69. The van der Waals surface area contributed by atoms with Gasteiger partial charge >= 0.3 is 0 Å². The molecule has 0 radical (unpaired) electrons. The molecule has 0 saturated heterocycles. The van der Waals surface area contributed by atoms with Crippen molar-refractivity contribution in [2.24, 2.45) is 5.16 Å². The average Bonchev–Trinajstić information content (AvgIpc) is 3.38. The van der Waals surface area contributed by atoms with Crippen LogP contribution in [0.15, 0.2) is 35.5 Å². The largest absolute Gasteiger partial charge is 0.493 e. The van der Waals surface area contributed by atoms with E-state index in [2.05, 4.69) is 10.5 Å². The van der Waals surface area contributed by atoms with Gasteiger partial charge in [-0.25, -0.2) is 0 Å². The molecule has 2 heterocycles. The Bertz CT molecular complexity index is 923. The summed E-state index contributed by atoms with van der Waals surface area (Å²) in [5.41, 5.74) is 2.95. The molecule has 0 spiro atoms. The van der Waals surface area contributed by atoms with E-state index in [-0.39, 0.29) is 25.3 Å². The third-order valence-electron chi connectivity index (χ3n) is 4.91. The molecule has 0 amide bonds. The number of hydrogen-bond donors (Lipinski definition) is 1. The zero-order chi connectivity index (χ0) is 20.2. The SMILES string of the molecule is COc1cc(CC2CC(CNCc3ccccc3Cl)=NO2)c(OC)c2c1OCO2.Cl. The van der Waals surface area contributed by atoms with Gasteiger partial charge in [-0.3, -0.25) is 0 Å². The van der Waals surface area contributed by atoms with Gasteiger partial charge in [0.05, 0.1) is 19.9 Å². The molecule has 9 heteroatoms. The number of oxime groups is 1. The minimum absolute atomic E-state index is 0. The van der Waals surface area contributed by atoms with Crippen molar-refractivity contribution in [1.29, 1.82) is 0 Å². The third-order valence-corrected chi connectivity index (χ3v) is 5.28. The highest BCUT2D eigenvalue weighted by molar-refractivity contribution is 6.31. The van der Waals surface area contributed by atoms with Crippen molar-refractivity contribution >= 4 is 29.7 Å². The van der Waals surface area contributed by atoms with Gasteiger partial charge in [-0.05, 0) is 17.7 Å². The van der Waals surface area contributed by atoms with E-state index in [0.717, 1.165) is 28.3 Å². The van der Waals surface area contributed by atoms with Crippen LogP contribution in [0.3, 0.4) is 0 Å². The zero-order valence-electron chi connectivity index (χ0n) is 16.8. The lowest BCUT2D eigenvalue weighted by Gasteiger charge is -2.15. The Labute approximate surface area is 186 Å². The molecule has 0 fully saturated rings. The number of benzene rings is 2. The summed E-state index contributed by atoms with van der Waals surface area (Å²) in [6.45, 7) is 1.47. The predicted octanol–water partition coefficient (Wildman–Crippen LogP) is 3.98. The number of halogens is 2. The van der Waals surface area contributed by atoms with Gasteiger partial charge < -0.3 is 29.1 Å². The molecule has 0 aliphatic carbocycles. The molecular weight excluding hydrogens is 431 g/mol. The maximum absolute atomic E-state index is 6.19. The molecule has 1 unspecified atom stereocenters. The minimum atomic E-state index is -0.0777. The Kier molecular flexibility index (Phi) is 7.53. The van der Waals surface area contributed by atoms with Gasteiger partial charge in [0.2, 0.25) is 18.3 Å². The van der Waals surface area contributed by atoms with E-state index in [4.69, 9.17) is 35.4 Å². The van der Waals surface area contributed by atoms with Crippen LogP contribution in [0.4, 0.5) is 0 Å². The second-order valence-electron chi connectivity index (χ2n) is 6.82. The van der Waals surface area contributed by atoms with Crippen molar-refractivity contribution < 1.29 is 23.8 Å². The lowest BCUT2D eigenvalue weighted by molar-refractivity contribution is 0.0853. The van der Waals surface area contributed by atoms with Gasteiger partial charge in [0.25, 0.3) is 0 Å². The lowest BCUT2D eigenvalue weighted by Crippen LogP contribution is -2.23. The molecule has 1 N–H and O–H groups in total. The molecule has 30 heavy (non-hydrogen) atoms. The van der Waals surface area contributed by atoms with Gasteiger partial charge in [0.15, 0.2) is 11.5 Å². The van der Waals surface area contributed by atoms with Crippen molar-refractivity contribution in [2.45, 2.75) is 25.5 Å². The molecule has 4 rings (SSSR count). The van der Waals surface area contributed by atoms with Crippen molar-refractivity contribution in [3.8, 4) is 23.0 Å². The van der Waals surface area contributed by atoms with E-state index in [0.29, 0.717) is 42.5 Å². The fourth-order valence-electron chi connectivity index (χ4n) is 3.52. The number of nitrogens with one attached hydrogen (secondary N) is 1.